The SMILES string of the molecule is Cc1cn([C@H]2C[C@H](O)[C@@H](COC(=O)c3ccccc3)O2)c(=O)nc1N. The first-order valence-electron chi connectivity index (χ1n) is 7.86. The number of ether oxygens (including phenoxy) is 2. The summed E-state index contributed by atoms with van der Waals surface area (Å²) in [4.78, 5) is 27.6. The maximum absolute atomic E-state index is 12.0. The van der Waals surface area contributed by atoms with E-state index in [1.807, 2.05) is 0 Å². The van der Waals surface area contributed by atoms with E-state index in [1.54, 1.807) is 43.5 Å². The molecule has 3 atom stereocenters. The number of rotatable bonds is 4. The number of hydrogen-bond acceptors (Lipinski definition) is 7. The average molecular weight is 345 g/mol. The summed E-state index contributed by atoms with van der Waals surface area (Å²) in [5.74, 6) is -0.338. The van der Waals surface area contributed by atoms with Gasteiger partial charge in [0.2, 0.25) is 0 Å². The molecule has 0 amide bonds. The number of nitrogen functional groups attached to an aromatic ring is 1. The van der Waals surface area contributed by atoms with Crippen LogP contribution in [-0.4, -0.2) is 39.4 Å². The standard InChI is InChI=1S/C17H19N3O5/c1-10-8-20(17(23)19-15(10)18)14-7-12(21)13(25-14)9-24-16(22)11-5-3-2-4-6-11/h2-6,8,12-14,21H,7,9H2,1H3,(H2,18,19,23)/t12-,13+,14+/m0/s1. The largest absolute Gasteiger partial charge is 0.459 e. The summed E-state index contributed by atoms with van der Waals surface area (Å²) in [6.45, 7) is 1.62. The maximum atomic E-state index is 12.0. The predicted octanol–water partition coefficient (Wildman–Crippen LogP) is 0.639. The molecule has 2 heterocycles. The Bertz CT molecular complexity index is 821. The smallest absolute Gasteiger partial charge is 0.351 e. The first kappa shape index (κ1) is 17.1. The number of esters is 1. The summed E-state index contributed by atoms with van der Waals surface area (Å²) in [6.07, 6.45) is -0.533. The molecule has 0 saturated carbocycles. The summed E-state index contributed by atoms with van der Waals surface area (Å²) in [6, 6.07) is 8.54. The number of aromatic nitrogens is 2. The van der Waals surface area contributed by atoms with Crippen molar-refractivity contribution < 1.29 is 19.4 Å². The monoisotopic (exact) mass is 345 g/mol. The highest BCUT2D eigenvalue weighted by atomic mass is 16.6. The third-order valence-corrected chi connectivity index (χ3v) is 4.08. The van der Waals surface area contributed by atoms with Crippen LogP contribution >= 0.6 is 0 Å². The Morgan fingerprint density at radius 1 is 1.44 bits per heavy atom. The van der Waals surface area contributed by atoms with Crippen LogP contribution in [0.1, 0.15) is 28.6 Å². The second-order valence-corrected chi connectivity index (χ2v) is 5.90. The van der Waals surface area contributed by atoms with Gasteiger partial charge in [0, 0.05) is 18.2 Å². The maximum Gasteiger partial charge on any atom is 0.351 e. The Kier molecular flexibility index (Phi) is 4.82. The van der Waals surface area contributed by atoms with E-state index in [9.17, 15) is 14.7 Å². The van der Waals surface area contributed by atoms with Gasteiger partial charge in [0.1, 0.15) is 24.8 Å². The summed E-state index contributed by atoms with van der Waals surface area (Å²) in [5, 5.41) is 10.1. The number of anilines is 1. The summed E-state index contributed by atoms with van der Waals surface area (Å²) in [5.41, 5.74) is 6.11. The molecule has 2 aromatic rings. The molecule has 8 nitrogen and oxygen atoms in total. The van der Waals surface area contributed by atoms with Gasteiger partial charge in [-0.05, 0) is 19.1 Å². The minimum absolute atomic E-state index is 0.110. The fraction of sp³-hybridized carbons (Fsp3) is 0.353. The number of aryl methyl sites for hydroxylation is 1. The molecule has 0 radical (unpaired) electrons. The molecule has 3 N–H and O–H groups in total. The normalized spacial score (nSPS) is 22.7. The lowest BCUT2D eigenvalue weighted by molar-refractivity contribution is -0.0531. The highest BCUT2D eigenvalue weighted by Gasteiger charge is 2.36. The van der Waals surface area contributed by atoms with E-state index in [-0.39, 0.29) is 18.8 Å². The van der Waals surface area contributed by atoms with Crippen LogP contribution in [-0.2, 0) is 9.47 Å². The lowest BCUT2D eigenvalue weighted by Crippen LogP contribution is -2.29. The van der Waals surface area contributed by atoms with Gasteiger partial charge in [0.15, 0.2) is 0 Å². The van der Waals surface area contributed by atoms with Crippen molar-refractivity contribution in [1.29, 1.82) is 0 Å². The lowest BCUT2D eigenvalue weighted by Gasteiger charge is -2.16. The number of nitrogens with zero attached hydrogens (tertiary/aromatic N) is 2. The zero-order valence-corrected chi connectivity index (χ0v) is 13.7. The molecule has 1 aromatic carbocycles. The van der Waals surface area contributed by atoms with Gasteiger partial charge in [-0.3, -0.25) is 4.57 Å². The van der Waals surface area contributed by atoms with Crippen LogP contribution in [0.25, 0.3) is 0 Å². The van der Waals surface area contributed by atoms with Crippen molar-refractivity contribution in [2.24, 2.45) is 0 Å². The van der Waals surface area contributed by atoms with Crippen molar-refractivity contribution in [3.63, 3.8) is 0 Å². The van der Waals surface area contributed by atoms with E-state index < -0.39 is 30.1 Å². The summed E-state index contributed by atoms with van der Waals surface area (Å²) >= 11 is 0. The fourth-order valence-electron chi connectivity index (χ4n) is 2.64. The van der Waals surface area contributed by atoms with Crippen LogP contribution in [0, 0.1) is 6.92 Å². The van der Waals surface area contributed by atoms with Crippen LogP contribution in [0.15, 0.2) is 41.3 Å². The average Bonchev–Trinajstić information content (AvgIpc) is 2.97. The van der Waals surface area contributed by atoms with Gasteiger partial charge in [-0.25, -0.2) is 9.59 Å². The lowest BCUT2D eigenvalue weighted by atomic mass is 10.2. The molecule has 132 valence electrons. The van der Waals surface area contributed by atoms with Gasteiger partial charge in [-0.15, -0.1) is 0 Å². The Hall–Kier alpha value is -2.71. The third-order valence-electron chi connectivity index (χ3n) is 4.08. The van der Waals surface area contributed by atoms with Crippen molar-refractivity contribution in [3.05, 3.63) is 58.1 Å². The highest BCUT2D eigenvalue weighted by Crippen LogP contribution is 2.28. The molecule has 1 aliphatic heterocycles. The number of aliphatic hydroxyl groups is 1. The Labute approximate surface area is 143 Å². The molecule has 8 heteroatoms. The number of aliphatic hydroxyl groups excluding tert-OH is 1. The van der Waals surface area contributed by atoms with Crippen LogP contribution in [0.2, 0.25) is 0 Å². The van der Waals surface area contributed by atoms with Crippen molar-refractivity contribution in [3.8, 4) is 0 Å². The molecule has 1 aromatic heterocycles. The topological polar surface area (TPSA) is 117 Å². The zero-order valence-electron chi connectivity index (χ0n) is 13.7. The molecule has 1 saturated heterocycles. The minimum atomic E-state index is -0.863. The molecular formula is C17H19N3O5. The van der Waals surface area contributed by atoms with E-state index >= 15 is 0 Å². The summed E-state index contributed by atoms with van der Waals surface area (Å²) < 4.78 is 12.2. The van der Waals surface area contributed by atoms with Crippen molar-refractivity contribution in [1.82, 2.24) is 9.55 Å². The molecule has 0 unspecified atom stereocenters. The van der Waals surface area contributed by atoms with Gasteiger partial charge < -0.3 is 20.3 Å². The fourth-order valence-corrected chi connectivity index (χ4v) is 2.64. The second-order valence-electron chi connectivity index (χ2n) is 5.90. The molecule has 25 heavy (non-hydrogen) atoms. The zero-order chi connectivity index (χ0) is 18.0. The molecule has 3 rings (SSSR count). The molecule has 1 aliphatic rings. The van der Waals surface area contributed by atoms with Gasteiger partial charge in [0.05, 0.1) is 11.7 Å². The van der Waals surface area contributed by atoms with E-state index in [2.05, 4.69) is 4.98 Å². The first-order valence-corrected chi connectivity index (χ1v) is 7.86. The molecular weight excluding hydrogens is 326 g/mol. The number of benzene rings is 1. The molecule has 0 bridgehead atoms. The van der Waals surface area contributed by atoms with E-state index in [0.717, 1.165) is 0 Å². The molecule has 0 spiro atoms. The Morgan fingerprint density at radius 2 is 2.16 bits per heavy atom. The highest BCUT2D eigenvalue weighted by molar-refractivity contribution is 5.89. The molecule has 1 fully saturated rings. The Morgan fingerprint density at radius 3 is 2.88 bits per heavy atom. The van der Waals surface area contributed by atoms with Crippen LogP contribution in [0.5, 0.6) is 0 Å². The number of hydrogen-bond donors (Lipinski definition) is 2. The van der Waals surface area contributed by atoms with E-state index in [4.69, 9.17) is 15.2 Å². The van der Waals surface area contributed by atoms with Crippen LogP contribution in [0.4, 0.5) is 5.82 Å². The molecule has 0 aliphatic carbocycles. The minimum Gasteiger partial charge on any atom is -0.459 e. The van der Waals surface area contributed by atoms with Crippen LogP contribution in [0.3, 0.4) is 0 Å². The quantitative estimate of drug-likeness (QED) is 0.781. The van der Waals surface area contributed by atoms with E-state index in [0.29, 0.717) is 11.1 Å². The van der Waals surface area contributed by atoms with Gasteiger partial charge >= 0.3 is 11.7 Å². The van der Waals surface area contributed by atoms with Crippen LogP contribution < -0.4 is 11.4 Å². The number of carbonyl (C=O) groups is 1. The first-order chi connectivity index (χ1) is 12.0. The predicted molar refractivity (Wildman–Crippen MR) is 88.9 cm³/mol. The van der Waals surface area contributed by atoms with Gasteiger partial charge in [-0.2, -0.15) is 4.98 Å². The number of carbonyl (C=O) groups excluding carboxylic acids is 1. The van der Waals surface area contributed by atoms with Gasteiger partial charge in [0.25, 0.3) is 0 Å². The van der Waals surface area contributed by atoms with Crippen molar-refractivity contribution >= 4 is 11.8 Å². The third kappa shape index (κ3) is 3.70. The number of nitrogens with two attached hydrogens (primary N) is 1. The second kappa shape index (κ2) is 7.04. The summed E-state index contributed by atoms with van der Waals surface area (Å²) in [7, 11) is 0. The Balaban J connectivity index is 1.65. The van der Waals surface area contributed by atoms with Crippen molar-refractivity contribution in [2.45, 2.75) is 31.8 Å². The van der Waals surface area contributed by atoms with Gasteiger partial charge in [-0.1, -0.05) is 18.2 Å². The van der Waals surface area contributed by atoms with E-state index in [1.165, 1.54) is 4.57 Å². The van der Waals surface area contributed by atoms with Crippen molar-refractivity contribution in [2.75, 3.05) is 12.3 Å².